The number of rotatable bonds is 8. The van der Waals surface area contributed by atoms with E-state index in [2.05, 4.69) is 35.6 Å². The number of nitrogens with one attached hydrogen (secondary N) is 1. The molecule has 0 amide bonds. The molecule has 0 bridgehead atoms. The van der Waals surface area contributed by atoms with Crippen LogP contribution >= 0.6 is 0 Å². The molecule has 4 nitrogen and oxygen atoms in total. The second-order valence-corrected chi connectivity index (χ2v) is 3.97. The molecular weight excluding hydrogens is 200 g/mol. The molecule has 0 aliphatic carbocycles. The fourth-order valence-corrected chi connectivity index (χ4v) is 1.33. The number of hydrogen-bond acceptors (Lipinski definition) is 2. The Kier molecular flexibility index (Phi) is 8.62. The monoisotopic (exact) mass is 226 g/mol. The Bertz CT molecular complexity index is 219. The summed E-state index contributed by atoms with van der Waals surface area (Å²) in [5.74, 6) is 0.516. The van der Waals surface area contributed by atoms with Crippen molar-refractivity contribution >= 4 is 5.96 Å². The van der Waals surface area contributed by atoms with Crippen LogP contribution in [0.25, 0.3) is 0 Å². The number of guanidine groups is 1. The van der Waals surface area contributed by atoms with Gasteiger partial charge < -0.3 is 16.0 Å². The van der Waals surface area contributed by atoms with Crippen LogP contribution in [0, 0.1) is 0 Å². The maximum atomic E-state index is 5.69. The fraction of sp³-hybridized carbons (Fsp3) is 0.750. The molecule has 0 heterocycles. The molecule has 0 aliphatic heterocycles. The molecule has 0 rings (SSSR count). The van der Waals surface area contributed by atoms with E-state index in [0.29, 0.717) is 12.5 Å². The van der Waals surface area contributed by atoms with Gasteiger partial charge in [0.25, 0.3) is 0 Å². The Labute approximate surface area is 99.6 Å². The third-order valence-corrected chi connectivity index (χ3v) is 2.37. The van der Waals surface area contributed by atoms with Gasteiger partial charge in [-0.1, -0.05) is 26.0 Å². The zero-order chi connectivity index (χ0) is 12.4. The Morgan fingerprint density at radius 1 is 1.38 bits per heavy atom. The minimum absolute atomic E-state index is 0.516. The lowest BCUT2D eigenvalue weighted by molar-refractivity contribution is 0.300. The van der Waals surface area contributed by atoms with Crippen molar-refractivity contribution in [3.05, 3.63) is 12.2 Å². The van der Waals surface area contributed by atoms with E-state index in [1.807, 2.05) is 6.92 Å². The van der Waals surface area contributed by atoms with Gasteiger partial charge in [-0.05, 0) is 33.0 Å². The number of nitrogens with zero attached hydrogens (tertiary/aromatic N) is 2. The predicted octanol–water partition coefficient (Wildman–Crippen LogP) is 1.20. The van der Waals surface area contributed by atoms with E-state index in [1.54, 1.807) is 0 Å². The first-order valence-electron chi connectivity index (χ1n) is 6.00. The van der Waals surface area contributed by atoms with E-state index in [1.165, 1.54) is 0 Å². The van der Waals surface area contributed by atoms with Crippen LogP contribution in [0.2, 0.25) is 0 Å². The molecule has 0 saturated carbocycles. The molecule has 0 aromatic rings. The van der Waals surface area contributed by atoms with Crippen molar-refractivity contribution < 1.29 is 0 Å². The topological polar surface area (TPSA) is 53.6 Å². The van der Waals surface area contributed by atoms with Gasteiger partial charge in [0.2, 0.25) is 0 Å². The van der Waals surface area contributed by atoms with Gasteiger partial charge in [0.15, 0.2) is 5.96 Å². The highest BCUT2D eigenvalue weighted by Crippen LogP contribution is 1.89. The van der Waals surface area contributed by atoms with E-state index in [-0.39, 0.29) is 0 Å². The molecule has 0 atom stereocenters. The summed E-state index contributed by atoms with van der Waals surface area (Å²) >= 11 is 0. The van der Waals surface area contributed by atoms with Gasteiger partial charge in [0, 0.05) is 6.54 Å². The molecule has 0 saturated heterocycles. The van der Waals surface area contributed by atoms with Crippen molar-refractivity contribution in [2.45, 2.75) is 27.2 Å². The normalized spacial score (nSPS) is 11.9. The highest BCUT2D eigenvalue weighted by atomic mass is 15.1. The Balaban J connectivity index is 3.57. The average Bonchev–Trinajstić information content (AvgIpc) is 2.26. The van der Waals surface area contributed by atoms with Crippen LogP contribution in [-0.4, -0.2) is 43.6 Å². The summed E-state index contributed by atoms with van der Waals surface area (Å²) in [6, 6.07) is 0. The largest absolute Gasteiger partial charge is 0.370 e. The molecule has 0 aromatic carbocycles. The molecule has 0 radical (unpaired) electrons. The predicted molar refractivity (Wildman–Crippen MR) is 71.7 cm³/mol. The van der Waals surface area contributed by atoms with Crippen LogP contribution in [-0.2, 0) is 0 Å². The molecule has 0 aliphatic rings. The van der Waals surface area contributed by atoms with E-state index >= 15 is 0 Å². The standard InChI is InChI=1S/C12H26N4/c1-5-16(6-2)9-7-8-14-12(13)15-10-11(3)4/h3,5-10H2,1-2,4H3,(H3,13,14,15). The van der Waals surface area contributed by atoms with E-state index in [0.717, 1.165) is 38.2 Å². The van der Waals surface area contributed by atoms with E-state index in [9.17, 15) is 0 Å². The molecule has 94 valence electrons. The molecular formula is C12H26N4. The van der Waals surface area contributed by atoms with Gasteiger partial charge >= 0.3 is 0 Å². The highest BCUT2D eigenvalue weighted by Gasteiger charge is 1.98. The smallest absolute Gasteiger partial charge is 0.188 e. The third-order valence-electron chi connectivity index (χ3n) is 2.37. The first kappa shape index (κ1) is 15.0. The van der Waals surface area contributed by atoms with Gasteiger partial charge in [-0.3, -0.25) is 0 Å². The molecule has 0 unspecified atom stereocenters. The van der Waals surface area contributed by atoms with Gasteiger partial charge in [0.05, 0.1) is 6.54 Å². The fourth-order valence-electron chi connectivity index (χ4n) is 1.33. The minimum Gasteiger partial charge on any atom is -0.370 e. The zero-order valence-electron chi connectivity index (χ0n) is 10.9. The molecule has 0 fully saturated rings. The second-order valence-electron chi connectivity index (χ2n) is 3.97. The van der Waals surface area contributed by atoms with Crippen LogP contribution in [0.4, 0.5) is 0 Å². The summed E-state index contributed by atoms with van der Waals surface area (Å²) in [5.41, 5.74) is 6.71. The summed E-state index contributed by atoms with van der Waals surface area (Å²) < 4.78 is 0. The number of nitrogens with two attached hydrogens (primary N) is 1. The summed E-state index contributed by atoms with van der Waals surface area (Å²) in [5, 5.41) is 3.10. The van der Waals surface area contributed by atoms with Crippen LogP contribution in [0.5, 0.6) is 0 Å². The number of aliphatic imine (C=N–C) groups is 1. The van der Waals surface area contributed by atoms with Crippen molar-refractivity contribution in [2.24, 2.45) is 10.7 Å². The highest BCUT2D eigenvalue weighted by molar-refractivity contribution is 5.77. The van der Waals surface area contributed by atoms with E-state index in [4.69, 9.17) is 5.73 Å². The summed E-state index contributed by atoms with van der Waals surface area (Å²) in [6.45, 7) is 14.9. The van der Waals surface area contributed by atoms with Crippen LogP contribution < -0.4 is 11.1 Å². The minimum atomic E-state index is 0.516. The molecule has 0 spiro atoms. The summed E-state index contributed by atoms with van der Waals surface area (Å²) in [4.78, 5) is 6.54. The van der Waals surface area contributed by atoms with Gasteiger partial charge in [0.1, 0.15) is 0 Å². The maximum absolute atomic E-state index is 5.69. The Morgan fingerprint density at radius 3 is 2.50 bits per heavy atom. The second kappa shape index (κ2) is 9.21. The molecule has 16 heavy (non-hydrogen) atoms. The zero-order valence-corrected chi connectivity index (χ0v) is 10.9. The number of hydrogen-bond donors (Lipinski definition) is 2. The van der Waals surface area contributed by atoms with Crippen molar-refractivity contribution in [1.82, 2.24) is 10.2 Å². The Hall–Kier alpha value is -1.03. The van der Waals surface area contributed by atoms with Crippen molar-refractivity contribution in [3.63, 3.8) is 0 Å². The van der Waals surface area contributed by atoms with Crippen LogP contribution in [0.1, 0.15) is 27.2 Å². The Morgan fingerprint density at radius 2 is 2.00 bits per heavy atom. The van der Waals surface area contributed by atoms with Crippen molar-refractivity contribution in [2.75, 3.05) is 32.7 Å². The lowest BCUT2D eigenvalue weighted by Crippen LogP contribution is -2.34. The summed E-state index contributed by atoms with van der Waals surface area (Å²) in [7, 11) is 0. The van der Waals surface area contributed by atoms with Gasteiger partial charge in [-0.2, -0.15) is 0 Å². The average molecular weight is 226 g/mol. The van der Waals surface area contributed by atoms with Crippen molar-refractivity contribution in [3.8, 4) is 0 Å². The summed E-state index contributed by atoms with van der Waals surface area (Å²) in [6.07, 6.45) is 1.09. The van der Waals surface area contributed by atoms with Gasteiger partial charge in [-0.25, -0.2) is 4.99 Å². The third kappa shape index (κ3) is 8.29. The SMILES string of the molecule is C=C(C)CN=C(N)NCCCN(CC)CC. The molecule has 3 N–H and O–H groups in total. The van der Waals surface area contributed by atoms with Crippen LogP contribution in [0.15, 0.2) is 17.1 Å². The van der Waals surface area contributed by atoms with Gasteiger partial charge in [-0.15, -0.1) is 0 Å². The first-order valence-corrected chi connectivity index (χ1v) is 6.00. The first-order chi connectivity index (χ1) is 7.60. The lowest BCUT2D eigenvalue weighted by Gasteiger charge is -2.17. The molecule has 0 aromatic heterocycles. The van der Waals surface area contributed by atoms with Crippen LogP contribution in [0.3, 0.4) is 0 Å². The quantitative estimate of drug-likeness (QED) is 0.283. The van der Waals surface area contributed by atoms with Crippen molar-refractivity contribution in [1.29, 1.82) is 0 Å². The maximum Gasteiger partial charge on any atom is 0.188 e. The lowest BCUT2D eigenvalue weighted by atomic mass is 10.3. The molecule has 4 heteroatoms. The van der Waals surface area contributed by atoms with E-state index < -0.39 is 0 Å².